The van der Waals surface area contributed by atoms with Gasteiger partial charge in [-0.1, -0.05) is 0 Å². The quantitative estimate of drug-likeness (QED) is 0.797. The summed E-state index contributed by atoms with van der Waals surface area (Å²) in [5.41, 5.74) is 1.29. The molecule has 1 fully saturated rings. The Labute approximate surface area is 122 Å². The molecule has 0 saturated carbocycles. The number of hydrogen-bond donors (Lipinski definition) is 0. The average molecular weight is 284 g/mol. The number of nitriles is 1. The smallest absolute Gasteiger partial charge is 0.257 e. The van der Waals surface area contributed by atoms with Crippen molar-refractivity contribution in [2.24, 2.45) is 0 Å². The lowest BCUT2D eigenvalue weighted by Crippen LogP contribution is -2.51. The molecule has 1 aliphatic heterocycles. The van der Waals surface area contributed by atoms with E-state index in [1.165, 1.54) is 0 Å². The van der Waals surface area contributed by atoms with E-state index in [9.17, 15) is 4.79 Å². The molecule has 1 aliphatic rings. The molecule has 21 heavy (non-hydrogen) atoms. The van der Waals surface area contributed by atoms with Gasteiger partial charge in [0.05, 0.1) is 35.6 Å². The lowest BCUT2D eigenvalue weighted by molar-refractivity contribution is 0.0617. The highest BCUT2D eigenvalue weighted by molar-refractivity contribution is 6.00. The summed E-state index contributed by atoms with van der Waals surface area (Å²) in [5.74, 6) is -0.0257. The van der Waals surface area contributed by atoms with Crippen LogP contribution < -0.4 is 0 Å². The van der Waals surface area contributed by atoms with Crippen LogP contribution in [0.5, 0.6) is 0 Å². The molecule has 3 heterocycles. The Balaban J connectivity index is 1.74. The first kappa shape index (κ1) is 13.5. The Morgan fingerprint density at radius 3 is 2.81 bits per heavy atom. The first-order valence-corrected chi connectivity index (χ1v) is 6.91. The molecular weight excluding hydrogens is 268 g/mol. The molecule has 7 nitrogen and oxygen atoms in total. The van der Waals surface area contributed by atoms with Crippen LogP contribution in [0.2, 0.25) is 0 Å². The molecule has 0 N–H and O–H groups in total. The highest BCUT2D eigenvalue weighted by Crippen LogP contribution is 2.14. The fraction of sp³-hybridized carbons (Fsp3) is 0.429. The second-order valence-electron chi connectivity index (χ2n) is 5.10. The number of nitrogens with zero attached hydrogens (tertiary/aromatic N) is 6. The first-order valence-electron chi connectivity index (χ1n) is 6.91. The fourth-order valence-corrected chi connectivity index (χ4v) is 2.56. The third kappa shape index (κ3) is 2.45. The van der Waals surface area contributed by atoms with Gasteiger partial charge in [0, 0.05) is 38.6 Å². The van der Waals surface area contributed by atoms with Gasteiger partial charge in [0.2, 0.25) is 0 Å². The molecule has 0 radical (unpaired) electrons. The molecule has 108 valence electrons. The normalized spacial score (nSPS) is 17.6. The fourth-order valence-electron chi connectivity index (χ4n) is 2.56. The van der Waals surface area contributed by atoms with Crippen LogP contribution in [-0.2, 0) is 0 Å². The second kappa shape index (κ2) is 5.50. The Kier molecular flexibility index (Phi) is 3.54. The van der Waals surface area contributed by atoms with Crippen molar-refractivity contribution in [1.29, 1.82) is 5.26 Å². The summed E-state index contributed by atoms with van der Waals surface area (Å²) in [5, 5.41) is 13.1. The van der Waals surface area contributed by atoms with E-state index in [-0.39, 0.29) is 11.9 Å². The molecule has 0 spiro atoms. The van der Waals surface area contributed by atoms with Crippen molar-refractivity contribution in [1.82, 2.24) is 24.4 Å². The molecular formula is C14H16N6O. The van der Waals surface area contributed by atoms with Gasteiger partial charge in [0.25, 0.3) is 5.91 Å². The highest BCUT2D eigenvalue weighted by Gasteiger charge is 2.26. The van der Waals surface area contributed by atoms with Gasteiger partial charge in [0.15, 0.2) is 0 Å². The minimum Gasteiger partial charge on any atom is -0.336 e. The van der Waals surface area contributed by atoms with Crippen LogP contribution in [0.3, 0.4) is 0 Å². The van der Waals surface area contributed by atoms with E-state index in [4.69, 9.17) is 5.26 Å². The molecule has 0 aromatic carbocycles. The van der Waals surface area contributed by atoms with E-state index in [1.807, 2.05) is 11.8 Å². The summed E-state index contributed by atoms with van der Waals surface area (Å²) < 4.78 is 1.65. The van der Waals surface area contributed by atoms with E-state index >= 15 is 0 Å². The van der Waals surface area contributed by atoms with Crippen LogP contribution in [0.4, 0.5) is 0 Å². The van der Waals surface area contributed by atoms with Gasteiger partial charge < -0.3 is 4.90 Å². The van der Waals surface area contributed by atoms with Gasteiger partial charge in [-0.2, -0.15) is 10.4 Å². The Morgan fingerprint density at radius 1 is 1.33 bits per heavy atom. The van der Waals surface area contributed by atoms with E-state index < -0.39 is 0 Å². The lowest BCUT2D eigenvalue weighted by atomic mass is 10.2. The van der Waals surface area contributed by atoms with Crippen molar-refractivity contribution < 1.29 is 4.79 Å². The number of carbonyl (C=O) groups is 1. The zero-order valence-corrected chi connectivity index (χ0v) is 11.8. The summed E-state index contributed by atoms with van der Waals surface area (Å²) in [6.45, 7) is 4.58. The van der Waals surface area contributed by atoms with Crippen molar-refractivity contribution in [3.8, 4) is 6.07 Å². The molecule has 1 unspecified atom stereocenters. The maximum Gasteiger partial charge on any atom is 0.257 e. The number of amides is 1. The van der Waals surface area contributed by atoms with Gasteiger partial charge >= 0.3 is 0 Å². The lowest BCUT2D eigenvalue weighted by Gasteiger charge is -2.35. The maximum absolute atomic E-state index is 12.6. The van der Waals surface area contributed by atoms with Crippen LogP contribution in [-0.4, -0.2) is 62.5 Å². The number of carbonyl (C=O) groups excluding carboxylic acids is 1. The monoisotopic (exact) mass is 284 g/mol. The number of aromatic nitrogens is 3. The number of rotatable bonds is 2. The number of piperazine rings is 1. The Morgan fingerprint density at radius 2 is 2.10 bits per heavy atom. The third-order valence-electron chi connectivity index (χ3n) is 3.89. The van der Waals surface area contributed by atoms with Crippen molar-refractivity contribution in [3.05, 3.63) is 30.4 Å². The van der Waals surface area contributed by atoms with E-state index in [2.05, 4.69) is 21.1 Å². The van der Waals surface area contributed by atoms with Gasteiger partial charge in [-0.25, -0.2) is 4.52 Å². The molecule has 1 saturated heterocycles. The number of hydrogen-bond acceptors (Lipinski definition) is 5. The van der Waals surface area contributed by atoms with Crippen LogP contribution in [0.15, 0.2) is 24.8 Å². The third-order valence-corrected chi connectivity index (χ3v) is 3.89. The molecule has 2 aromatic rings. The second-order valence-corrected chi connectivity index (χ2v) is 5.10. The maximum atomic E-state index is 12.6. The summed E-state index contributed by atoms with van der Waals surface area (Å²) in [6, 6.07) is 2.12. The highest BCUT2D eigenvalue weighted by atomic mass is 16.2. The first-order chi connectivity index (χ1) is 10.2. The molecule has 0 bridgehead atoms. The van der Waals surface area contributed by atoms with Gasteiger partial charge in [-0.15, -0.1) is 0 Å². The van der Waals surface area contributed by atoms with Gasteiger partial charge in [-0.05, 0) is 6.92 Å². The molecule has 2 aromatic heterocycles. The predicted molar refractivity (Wildman–Crippen MR) is 75.5 cm³/mol. The molecule has 1 atom stereocenters. The molecule has 0 aliphatic carbocycles. The summed E-state index contributed by atoms with van der Waals surface area (Å²) >= 11 is 0. The van der Waals surface area contributed by atoms with E-state index in [1.54, 1.807) is 29.3 Å². The Bertz CT molecular complexity index is 695. The van der Waals surface area contributed by atoms with Crippen molar-refractivity contribution in [2.75, 3.05) is 26.2 Å². The topological polar surface area (TPSA) is 77.5 Å². The van der Waals surface area contributed by atoms with Crippen LogP contribution >= 0.6 is 0 Å². The zero-order chi connectivity index (χ0) is 14.8. The zero-order valence-electron chi connectivity index (χ0n) is 11.8. The van der Waals surface area contributed by atoms with Crippen LogP contribution in [0.25, 0.3) is 5.52 Å². The van der Waals surface area contributed by atoms with Gasteiger partial charge in [-0.3, -0.25) is 14.7 Å². The summed E-state index contributed by atoms with van der Waals surface area (Å²) in [6.07, 6.45) is 6.59. The largest absolute Gasteiger partial charge is 0.336 e. The number of fused-ring (bicyclic) bond motifs is 1. The van der Waals surface area contributed by atoms with E-state index in [0.29, 0.717) is 18.7 Å². The summed E-state index contributed by atoms with van der Waals surface area (Å²) in [7, 11) is 0. The van der Waals surface area contributed by atoms with Crippen molar-refractivity contribution in [2.45, 2.75) is 13.0 Å². The standard InChI is InChI=1S/C14H16N6O/c1-11(8-15)18-4-6-19(7-5-18)14(21)12-9-17-20-3-2-16-10-13(12)20/h2-3,9-11H,4-7H2,1H3. The average Bonchev–Trinajstić information content (AvgIpc) is 2.97. The predicted octanol–water partition coefficient (Wildman–Crippen LogP) is 0.399. The molecule has 7 heteroatoms. The van der Waals surface area contributed by atoms with E-state index in [0.717, 1.165) is 18.6 Å². The Hall–Kier alpha value is -2.46. The minimum atomic E-state index is -0.108. The van der Waals surface area contributed by atoms with Gasteiger partial charge in [0.1, 0.15) is 0 Å². The molecule has 3 rings (SSSR count). The van der Waals surface area contributed by atoms with Crippen molar-refractivity contribution >= 4 is 11.4 Å². The summed E-state index contributed by atoms with van der Waals surface area (Å²) in [4.78, 5) is 20.5. The SMILES string of the molecule is CC(C#N)N1CCN(C(=O)c2cnn3ccncc23)CC1. The van der Waals surface area contributed by atoms with Crippen molar-refractivity contribution in [3.63, 3.8) is 0 Å². The minimum absolute atomic E-state index is 0.0257. The van der Waals surface area contributed by atoms with Crippen LogP contribution in [0, 0.1) is 11.3 Å². The molecule has 1 amide bonds. The van der Waals surface area contributed by atoms with Crippen LogP contribution in [0.1, 0.15) is 17.3 Å².